The maximum Gasteiger partial charge on any atom is 0.240 e. The summed E-state index contributed by atoms with van der Waals surface area (Å²) in [5.41, 5.74) is -1.39. The molecule has 1 aliphatic rings. The smallest absolute Gasteiger partial charge is 0.240 e. The van der Waals surface area contributed by atoms with Gasteiger partial charge in [-0.3, -0.25) is 4.79 Å². The Bertz CT molecular complexity index is 932. The number of hydrogen-bond donors (Lipinski definition) is 2. The fraction of sp³-hybridized carbons (Fsp3) is 0.300. The highest BCUT2D eigenvalue weighted by Crippen LogP contribution is 2.43. The van der Waals surface area contributed by atoms with Gasteiger partial charge in [0.1, 0.15) is 17.5 Å². The van der Waals surface area contributed by atoms with Crippen molar-refractivity contribution in [1.29, 1.82) is 5.26 Å². The van der Waals surface area contributed by atoms with Crippen molar-refractivity contribution in [2.24, 2.45) is 0 Å². The van der Waals surface area contributed by atoms with Gasteiger partial charge in [0.05, 0.1) is 35.5 Å². The Morgan fingerprint density at radius 1 is 1.25 bits per heavy atom. The molecule has 0 aliphatic heterocycles. The van der Waals surface area contributed by atoms with Gasteiger partial charge in [-0.05, 0) is 30.3 Å². The lowest BCUT2D eigenvalue weighted by Crippen LogP contribution is -2.59. The van der Waals surface area contributed by atoms with Gasteiger partial charge < -0.3 is 15.3 Å². The van der Waals surface area contributed by atoms with E-state index < -0.39 is 35.0 Å². The lowest BCUT2D eigenvalue weighted by atomic mass is 9.69. The summed E-state index contributed by atoms with van der Waals surface area (Å²) in [6.45, 7) is -0.281. The summed E-state index contributed by atoms with van der Waals surface area (Å²) >= 11 is 0. The third-order valence-electron chi connectivity index (χ3n) is 4.86. The summed E-state index contributed by atoms with van der Waals surface area (Å²) in [6, 6.07) is 9.08. The van der Waals surface area contributed by atoms with Crippen LogP contribution in [0.1, 0.15) is 24.0 Å². The van der Waals surface area contributed by atoms with E-state index in [-0.39, 0.29) is 36.2 Å². The second-order valence-corrected chi connectivity index (χ2v) is 6.92. The fourth-order valence-electron chi connectivity index (χ4n) is 3.56. The number of halogens is 3. The molecule has 28 heavy (non-hydrogen) atoms. The lowest BCUT2D eigenvalue weighted by Gasteiger charge is -2.46. The number of benzene rings is 2. The molecule has 146 valence electrons. The van der Waals surface area contributed by atoms with Crippen molar-refractivity contribution in [2.75, 3.05) is 18.5 Å². The van der Waals surface area contributed by atoms with E-state index in [1.54, 1.807) is 0 Å². The number of rotatable bonds is 5. The first kappa shape index (κ1) is 19.7. The molecule has 0 atom stereocenters. The highest BCUT2D eigenvalue weighted by atomic mass is 19.1. The summed E-state index contributed by atoms with van der Waals surface area (Å²) in [5.74, 6) is -2.86. The Balaban J connectivity index is 1.78. The molecular formula is C20H18F3N3O2. The van der Waals surface area contributed by atoms with Crippen molar-refractivity contribution in [3.8, 4) is 6.07 Å². The van der Waals surface area contributed by atoms with E-state index in [4.69, 9.17) is 5.26 Å². The van der Waals surface area contributed by atoms with Crippen LogP contribution in [0, 0.1) is 28.8 Å². The Hall–Kier alpha value is -3.05. The number of nitriles is 1. The van der Waals surface area contributed by atoms with E-state index >= 15 is 0 Å². The minimum Gasteiger partial charge on any atom is -0.393 e. The van der Waals surface area contributed by atoms with Gasteiger partial charge >= 0.3 is 0 Å². The van der Waals surface area contributed by atoms with Gasteiger partial charge in [0, 0.05) is 25.5 Å². The first-order valence-electron chi connectivity index (χ1n) is 8.60. The molecule has 2 N–H and O–H groups in total. The van der Waals surface area contributed by atoms with E-state index in [1.165, 1.54) is 30.1 Å². The minimum atomic E-state index is -1.35. The molecule has 0 saturated heterocycles. The highest BCUT2D eigenvalue weighted by Gasteiger charge is 2.49. The molecule has 8 heteroatoms. The number of anilines is 1. The van der Waals surface area contributed by atoms with Crippen LogP contribution in [-0.2, 0) is 10.3 Å². The lowest BCUT2D eigenvalue weighted by molar-refractivity contribution is -0.125. The molecule has 0 radical (unpaired) electrons. The first-order valence-corrected chi connectivity index (χ1v) is 8.60. The maximum atomic E-state index is 14.2. The summed E-state index contributed by atoms with van der Waals surface area (Å²) in [4.78, 5) is 13.8. The van der Waals surface area contributed by atoms with Crippen molar-refractivity contribution >= 4 is 11.6 Å². The number of aliphatic hydroxyl groups excluding tert-OH is 1. The van der Waals surface area contributed by atoms with Gasteiger partial charge in [0.2, 0.25) is 5.91 Å². The van der Waals surface area contributed by atoms with Crippen LogP contribution >= 0.6 is 0 Å². The van der Waals surface area contributed by atoms with E-state index in [2.05, 4.69) is 5.32 Å². The fourth-order valence-corrected chi connectivity index (χ4v) is 3.56. The third-order valence-corrected chi connectivity index (χ3v) is 4.86. The number of aliphatic hydroxyl groups is 1. The van der Waals surface area contributed by atoms with Gasteiger partial charge in [-0.2, -0.15) is 5.26 Å². The summed E-state index contributed by atoms with van der Waals surface area (Å²) in [6.07, 6.45) is -0.829. The molecule has 1 saturated carbocycles. The van der Waals surface area contributed by atoms with Crippen molar-refractivity contribution in [3.05, 3.63) is 65.0 Å². The largest absolute Gasteiger partial charge is 0.393 e. The maximum absolute atomic E-state index is 14.2. The third kappa shape index (κ3) is 3.66. The molecule has 0 bridgehead atoms. The Labute approximate surface area is 160 Å². The Kier molecular flexibility index (Phi) is 5.29. The number of nitrogens with one attached hydrogen (secondary N) is 1. The topological polar surface area (TPSA) is 76.4 Å². The SMILES string of the molecule is CN(CC(=O)NC1(c2c(F)cccc2F)CC(O)C1)c1ccc(C#N)cc1F. The zero-order valence-electron chi connectivity index (χ0n) is 15.0. The predicted molar refractivity (Wildman–Crippen MR) is 95.8 cm³/mol. The van der Waals surface area contributed by atoms with Gasteiger partial charge in [0.15, 0.2) is 0 Å². The number of hydrogen-bond acceptors (Lipinski definition) is 4. The molecule has 0 unspecified atom stereocenters. The monoisotopic (exact) mass is 389 g/mol. The van der Waals surface area contributed by atoms with Gasteiger partial charge in [0.25, 0.3) is 0 Å². The van der Waals surface area contributed by atoms with Crippen LogP contribution < -0.4 is 10.2 Å². The molecule has 2 aromatic rings. The van der Waals surface area contributed by atoms with Gasteiger partial charge in [-0.1, -0.05) is 6.07 Å². The molecular weight excluding hydrogens is 371 g/mol. The second-order valence-electron chi connectivity index (χ2n) is 6.92. The van der Waals surface area contributed by atoms with Crippen LogP contribution in [0.15, 0.2) is 36.4 Å². The Morgan fingerprint density at radius 3 is 2.43 bits per heavy atom. The summed E-state index contributed by atoms with van der Waals surface area (Å²) in [7, 11) is 1.48. The zero-order valence-corrected chi connectivity index (χ0v) is 15.0. The zero-order chi connectivity index (χ0) is 20.5. The van der Waals surface area contributed by atoms with Crippen LogP contribution in [0.4, 0.5) is 18.9 Å². The quantitative estimate of drug-likeness (QED) is 0.824. The number of likely N-dealkylation sites (N-methyl/N-ethyl adjacent to an activating group) is 1. The number of carbonyl (C=O) groups is 1. The molecule has 1 fully saturated rings. The van der Waals surface area contributed by atoms with Crippen molar-refractivity contribution in [1.82, 2.24) is 5.32 Å². The van der Waals surface area contributed by atoms with Crippen molar-refractivity contribution in [3.63, 3.8) is 0 Å². The highest BCUT2D eigenvalue weighted by molar-refractivity contribution is 5.82. The van der Waals surface area contributed by atoms with Crippen LogP contribution in [-0.4, -0.2) is 30.7 Å². The average Bonchev–Trinajstić information content (AvgIpc) is 2.59. The summed E-state index contributed by atoms with van der Waals surface area (Å²) < 4.78 is 42.6. The second kappa shape index (κ2) is 7.52. The van der Waals surface area contributed by atoms with Gasteiger partial charge in [-0.25, -0.2) is 13.2 Å². The number of carbonyl (C=O) groups excluding carboxylic acids is 1. The average molecular weight is 389 g/mol. The first-order chi connectivity index (χ1) is 13.3. The molecule has 0 aromatic heterocycles. The van der Waals surface area contributed by atoms with Gasteiger partial charge in [-0.15, -0.1) is 0 Å². The van der Waals surface area contributed by atoms with E-state index in [0.717, 1.165) is 18.2 Å². The molecule has 1 aliphatic carbocycles. The molecule has 1 amide bonds. The van der Waals surface area contributed by atoms with Crippen LogP contribution in [0.25, 0.3) is 0 Å². The van der Waals surface area contributed by atoms with E-state index in [1.807, 2.05) is 6.07 Å². The standard InChI is InChI=1S/C20H18F3N3O2/c1-26(17-6-5-12(10-24)7-16(17)23)11-18(28)25-20(8-13(27)9-20)19-14(21)3-2-4-15(19)22/h2-7,13,27H,8-9,11H2,1H3,(H,25,28). The van der Waals surface area contributed by atoms with E-state index in [9.17, 15) is 23.1 Å². The van der Waals surface area contributed by atoms with E-state index in [0.29, 0.717) is 0 Å². The molecule has 3 rings (SSSR count). The molecule has 5 nitrogen and oxygen atoms in total. The number of nitrogens with zero attached hydrogens (tertiary/aromatic N) is 2. The van der Waals surface area contributed by atoms with Crippen LogP contribution in [0.3, 0.4) is 0 Å². The normalized spacial score (nSPS) is 20.8. The molecule has 0 heterocycles. The molecule has 2 aromatic carbocycles. The van der Waals surface area contributed by atoms with Crippen molar-refractivity contribution in [2.45, 2.75) is 24.5 Å². The van der Waals surface area contributed by atoms with Crippen molar-refractivity contribution < 1.29 is 23.1 Å². The predicted octanol–water partition coefficient (Wildman–Crippen LogP) is 2.58. The van der Waals surface area contributed by atoms with Crippen LogP contribution in [0.2, 0.25) is 0 Å². The Morgan fingerprint density at radius 2 is 1.89 bits per heavy atom. The number of amides is 1. The van der Waals surface area contributed by atoms with Crippen LogP contribution in [0.5, 0.6) is 0 Å². The molecule has 0 spiro atoms. The summed E-state index contributed by atoms with van der Waals surface area (Å²) in [5, 5.41) is 21.1. The minimum absolute atomic E-state index is 0.0223.